The number of thioether (sulfide) groups is 1. The van der Waals surface area contributed by atoms with Crippen molar-refractivity contribution in [2.45, 2.75) is 23.8 Å². The first kappa shape index (κ1) is 16.6. The zero-order chi connectivity index (χ0) is 15.9. The molecule has 1 aromatic heterocycles. The van der Waals surface area contributed by atoms with Crippen molar-refractivity contribution in [3.05, 3.63) is 24.3 Å². The maximum atomic E-state index is 12.2. The van der Waals surface area contributed by atoms with E-state index in [9.17, 15) is 4.79 Å². The zero-order valence-electron chi connectivity index (χ0n) is 12.5. The molecule has 0 aliphatic heterocycles. The van der Waals surface area contributed by atoms with E-state index in [4.69, 9.17) is 9.47 Å². The van der Waals surface area contributed by atoms with Crippen molar-refractivity contribution in [1.82, 2.24) is 10.2 Å². The smallest absolute Gasteiger partial charge is 0.267 e. The van der Waals surface area contributed by atoms with Gasteiger partial charge in [-0.05, 0) is 36.9 Å². The van der Waals surface area contributed by atoms with Crippen LogP contribution in [0.1, 0.15) is 13.3 Å². The zero-order valence-corrected chi connectivity index (χ0v) is 14.2. The lowest BCUT2D eigenvalue weighted by Crippen LogP contribution is -2.32. The van der Waals surface area contributed by atoms with Crippen molar-refractivity contribution in [2.24, 2.45) is 0 Å². The Morgan fingerprint density at radius 3 is 2.55 bits per heavy atom. The summed E-state index contributed by atoms with van der Waals surface area (Å²) in [6.07, 6.45) is 1.87. The van der Waals surface area contributed by atoms with Gasteiger partial charge in [-0.2, -0.15) is 0 Å². The number of hydrogen-bond acceptors (Lipinski definition) is 7. The number of nitrogens with zero attached hydrogens (tertiary/aromatic N) is 2. The summed E-state index contributed by atoms with van der Waals surface area (Å²) in [6.45, 7) is 1.89. The van der Waals surface area contributed by atoms with E-state index in [1.165, 1.54) is 23.1 Å². The summed E-state index contributed by atoms with van der Waals surface area (Å²) in [6, 6.07) is 7.11. The minimum absolute atomic E-state index is 0.234. The Balaban J connectivity index is 1.98. The SMILES string of the molecule is CC[C@@H](Oc1ccc(OC)cc1)C(=O)Nc1nnc(SC)s1. The van der Waals surface area contributed by atoms with Crippen LogP contribution in [0.15, 0.2) is 28.6 Å². The number of amides is 1. The van der Waals surface area contributed by atoms with E-state index in [1.807, 2.05) is 13.2 Å². The summed E-state index contributed by atoms with van der Waals surface area (Å²) in [7, 11) is 1.60. The van der Waals surface area contributed by atoms with Gasteiger partial charge in [-0.1, -0.05) is 30.0 Å². The number of carbonyl (C=O) groups excluding carboxylic acids is 1. The molecule has 1 N–H and O–H groups in total. The molecule has 0 saturated heterocycles. The van der Waals surface area contributed by atoms with Crippen LogP contribution in [0.2, 0.25) is 0 Å². The number of anilines is 1. The third kappa shape index (κ3) is 4.35. The maximum Gasteiger partial charge on any atom is 0.267 e. The predicted octanol–water partition coefficient (Wildman–Crippen LogP) is 3.06. The summed E-state index contributed by atoms with van der Waals surface area (Å²) in [5.41, 5.74) is 0. The lowest BCUT2D eigenvalue weighted by Gasteiger charge is -2.16. The maximum absolute atomic E-state index is 12.2. The van der Waals surface area contributed by atoms with Crippen LogP contribution in [0.5, 0.6) is 11.5 Å². The van der Waals surface area contributed by atoms with Gasteiger partial charge in [0.2, 0.25) is 5.13 Å². The highest BCUT2D eigenvalue weighted by atomic mass is 32.2. The summed E-state index contributed by atoms with van der Waals surface area (Å²) in [5, 5.41) is 11.1. The van der Waals surface area contributed by atoms with Crippen molar-refractivity contribution < 1.29 is 14.3 Å². The lowest BCUT2D eigenvalue weighted by atomic mass is 10.2. The first-order chi connectivity index (χ1) is 10.7. The second kappa shape index (κ2) is 8.00. The highest BCUT2D eigenvalue weighted by molar-refractivity contribution is 8.00. The van der Waals surface area contributed by atoms with Gasteiger partial charge in [0, 0.05) is 0 Å². The van der Waals surface area contributed by atoms with E-state index in [-0.39, 0.29) is 5.91 Å². The van der Waals surface area contributed by atoms with Crippen molar-refractivity contribution in [3.63, 3.8) is 0 Å². The van der Waals surface area contributed by atoms with Crippen LogP contribution in [0.4, 0.5) is 5.13 Å². The molecule has 118 valence electrons. The fourth-order valence-electron chi connectivity index (χ4n) is 1.67. The third-order valence-corrected chi connectivity index (χ3v) is 4.63. The van der Waals surface area contributed by atoms with E-state index in [1.54, 1.807) is 31.4 Å². The second-order valence-electron chi connectivity index (χ2n) is 4.26. The summed E-state index contributed by atoms with van der Waals surface area (Å²) in [4.78, 5) is 12.2. The Morgan fingerprint density at radius 2 is 2.00 bits per heavy atom. The van der Waals surface area contributed by atoms with E-state index < -0.39 is 6.10 Å². The minimum atomic E-state index is -0.588. The van der Waals surface area contributed by atoms with Gasteiger partial charge >= 0.3 is 0 Å². The Kier molecular flexibility index (Phi) is 6.02. The Hall–Kier alpha value is -1.80. The number of carbonyl (C=O) groups is 1. The fourth-order valence-corrected chi connectivity index (χ4v) is 2.84. The number of hydrogen-bond donors (Lipinski definition) is 1. The molecule has 0 aliphatic rings. The highest BCUT2D eigenvalue weighted by Gasteiger charge is 2.20. The lowest BCUT2D eigenvalue weighted by molar-refractivity contribution is -0.122. The van der Waals surface area contributed by atoms with Crippen LogP contribution in [0.25, 0.3) is 0 Å². The van der Waals surface area contributed by atoms with Crippen molar-refractivity contribution in [1.29, 1.82) is 0 Å². The molecule has 8 heteroatoms. The van der Waals surface area contributed by atoms with Crippen molar-refractivity contribution in [3.8, 4) is 11.5 Å². The largest absolute Gasteiger partial charge is 0.497 e. The van der Waals surface area contributed by atoms with Gasteiger partial charge in [0.05, 0.1) is 7.11 Å². The molecular formula is C14H17N3O3S2. The van der Waals surface area contributed by atoms with Crippen molar-refractivity contribution in [2.75, 3.05) is 18.7 Å². The normalized spacial score (nSPS) is 11.8. The minimum Gasteiger partial charge on any atom is -0.497 e. The number of benzene rings is 1. The molecule has 0 aliphatic carbocycles. The molecule has 0 fully saturated rings. The highest BCUT2D eigenvalue weighted by Crippen LogP contribution is 2.24. The third-order valence-electron chi connectivity index (χ3n) is 2.81. The Bertz CT molecular complexity index is 616. The molecule has 0 bridgehead atoms. The van der Waals surface area contributed by atoms with Crippen LogP contribution in [0, 0.1) is 0 Å². The second-order valence-corrected chi connectivity index (χ2v) is 6.29. The number of nitrogens with one attached hydrogen (secondary N) is 1. The average molecular weight is 339 g/mol. The molecule has 0 radical (unpaired) electrons. The molecule has 1 aromatic carbocycles. The Labute approximate surface area is 137 Å². The van der Waals surface area contributed by atoms with E-state index in [0.29, 0.717) is 17.3 Å². The van der Waals surface area contributed by atoms with Gasteiger partial charge in [-0.15, -0.1) is 10.2 Å². The number of ether oxygens (including phenoxy) is 2. The molecule has 1 atom stereocenters. The first-order valence-electron chi connectivity index (χ1n) is 6.65. The van der Waals surface area contributed by atoms with Crippen LogP contribution in [-0.4, -0.2) is 35.6 Å². The summed E-state index contributed by atoms with van der Waals surface area (Å²) >= 11 is 2.82. The molecule has 6 nitrogen and oxygen atoms in total. The predicted molar refractivity (Wildman–Crippen MR) is 88.0 cm³/mol. The van der Waals surface area contributed by atoms with Gasteiger partial charge in [0.1, 0.15) is 11.5 Å². The van der Waals surface area contributed by atoms with E-state index in [0.717, 1.165) is 10.1 Å². The molecule has 2 rings (SSSR count). The van der Waals surface area contributed by atoms with Crippen LogP contribution in [0.3, 0.4) is 0 Å². The number of rotatable bonds is 7. The summed E-state index contributed by atoms with van der Waals surface area (Å²) in [5.74, 6) is 1.12. The van der Waals surface area contributed by atoms with Crippen LogP contribution >= 0.6 is 23.1 Å². The quantitative estimate of drug-likeness (QED) is 0.617. The number of aromatic nitrogens is 2. The molecule has 0 unspecified atom stereocenters. The van der Waals surface area contributed by atoms with Crippen molar-refractivity contribution >= 4 is 34.1 Å². The molecule has 22 heavy (non-hydrogen) atoms. The number of methoxy groups -OCH3 is 1. The fraction of sp³-hybridized carbons (Fsp3) is 0.357. The van der Waals surface area contributed by atoms with E-state index in [2.05, 4.69) is 15.5 Å². The van der Waals surface area contributed by atoms with Gasteiger partial charge < -0.3 is 9.47 Å². The molecule has 1 amide bonds. The van der Waals surface area contributed by atoms with Crippen LogP contribution < -0.4 is 14.8 Å². The standard InChI is InChI=1S/C14H17N3O3S2/c1-4-11(20-10-7-5-9(19-2)6-8-10)12(18)15-13-16-17-14(21-3)22-13/h5-8,11H,4H2,1-3H3,(H,15,16,18)/t11-/m1/s1. The average Bonchev–Trinajstić information content (AvgIpc) is 3.00. The van der Waals surface area contributed by atoms with Gasteiger partial charge in [0.25, 0.3) is 5.91 Å². The topological polar surface area (TPSA) is 73.3 Å². The van der Waals surface area contributed by atoms with Crippen LogP contribution in [-0.2, 0) is 4.79 Å². The molecule has 0 spiro atoms. The van der Waals surface area contributed by atoms with Gasteiger partial charge in [-0.25, -0.2) is 0 Å². The molecule has 2 aromatic rings. The molecule has 1 heterocycles. The first-order valence-corrected chi connectivity index (χ1v) is 8.69. The Morgan fingerprint density at radius 1 is 1.32 bits per heavy atom. The van der Waals surface area contributed by atoms with Gasteiger partial charge in [-0.3, -0.25) is 10.1 Å². The monoisotopic (exact) mass is 339 g/mol. The summed E-state index contributed by atoms with van der Waals surface area (Å²) < 4.78 is 11.6. The molecule has 0 saturated carbocycles. The molecular weight excluding hydrogens is 322 g/mol. The van der Waals surface area contributed by atoms with E-state index >= 15 is 0 Å². The van der Waals surface area contributed by atoms with Gasteiger partial charge in [0.15, 0.2) is 10.4 Å².